The third-order valence-corrected chi connectivity index (χ3v) is 3.55. The highest BCUT2D eigenvalue weighted by atomic mass is 35.5. The lowest BCUT2D eigenvalue weighted by atomic mass is 10.2. The molecule has 2 rings (SSSR count). The SMILES string of the molecule is CC(Nc1ccc([N+](=O)[O-])cc1Cl)C(=O)NCc1ccccc1. The van der Waals surface area contributed by atoms with Gasteiger partial charge in [0, 0.05) is 18.7 Å². The predicted octanol–water partition coefficient (Wildman–Crippen LogP) is 3.37. The average Bonchev–Trinajstić information content (AvgIpc) is 2.55. The van der Waals surface area contributed by atoms with Gasteiger partial charge in [-0.25, -0.2) is 0 Å². The lowest BCUT2D eigenvalue weighted by Crippen LogP contribution is -2.37. The number of amides is 1. The number of hydrogen-bond acceptors (Lipinski definition) is 4. The maximum Gasteiger partial charge on any atom is 0.271 e. The van der Waals surface area contributed by atoms with Crippen LogP contribution in [0.2, 0.25) is 5.02 Å². The van der Waals surface area contributed by atoms with Crippen molar-refractivity contribution in [1.82, 2.24) is 5.32 Å². The van der Waals surface area contributed by atoms with Gasteiger partial charge in [-0.3, -0.25) is 14.9 Å². The summed E-state index contributed by atoms with van der Waals surface area (Å²) in [5.41, 5.74) is 1.38. The summed E-state index contributed by atoms with van der Waals surface area (Å²) in [6.07, 6.45) is 0. The molecule has 23 heavy (non-hydrogen) atoms. The third-order valence-electron chi connectivity index (χ3n) is 3.24. The number of nitro groups is 1. The van der Waals surface area contributed by atoms with Crippen LogP contribution >= 0.6 is 11.6 Å². The van der Waals surface area contributed by atoms with Crippen LogP contribution in [0.1, 0.15) is 12.5 Å². The second-order valence-electron chi connectivity index (χ2n) is 4.99. The molecular weight excluding hydrogens is 318 g/mol. The second-order valence-corrected chi connectivity index (χ2v) is 5.40. The van der Waals surface area contributed by atoms with Crippen molar-refractivity contribution in [3.05, 3.63) is 69.2 Å². The third kappa shape index (κ3) is 4.69. The van der Waals surface area contributed by atoms with Gasteiger partial charge in [-0.15, -0.1) is 0 Å². The minimum Gasteiger partial charge on any atom is -0.373 e. The van der Waals surface area contributed by atoms with Crippen LogP contribution < -0.4 is 10.6 Å². The molecule has 0 aliphatic rings. The predicted molar refractivity (Wildman–Crippen MR) is 89.5 cm³/mol. The number of halogens is 1. The fourth-order valence-corrected chi connectivity index (χ4v) is 2.20. The van der Waals surface area contributed by atoms with E-state index in [0.717, 1.165) is 5.56 Å². The highest BCUT2D eigenvalue weighted by molar-refractivity contribution is 6.33. The van der Waals surface area contributed by atoms with Crippen molar-refractivity contribution < 1.29 is 9.72 Å². The van der Waals surface area contributed by atoms with Crippen molar-refractivity contribution in [2.24, 2.45) is 0 Å². The zero-order chi connectivity index (χ0) is 16.8. The molecule has 0 aromatic heterocycles. The van der Waals surface area contributed by atoms with E-state index in [1.165, 1.54) is 18.2 Å². The van der Waals surface area contributed by atoms with E-state index >= 15 is 0 Å². The monoisotopic (exact) mass is 333 g/mol. The first-order valence-electron chi connectivity index (χ1n) is 6.99. The molecule has 2 aromatic carbocycles. The Morgan fingerprint density at radius 3 is 2.57 bits per heavy atom. The Morgan fingerprint density at radius 1 is 1.26 bits per heavy atom. The molecule has 0 heterocycles. The van der Waals surface area contributed by atoms with Crippen molar-refractivity contribution in [2.75, 3.05) is 5.32 Å². The number of rotatable bonds is 6. The normalized spacial score (nSPS) is 11.6. The molecule has 0 aliphatic heterocycles. The molecule has 0 fully saturated rings. The summed E-state index contributed by atoms with van der Waals surface area (Å²) in [5.74, 6) is -0.191. The Morgan fingerprint density at radius 2 is 1.96 bits per heavy atom. The van der Waals surface area contributed by atoms with E-state index in [0.29, 0.717) is 12.2 Å². The van der Waals surface area contributed by atoms with E-state index in [2.05, 4.69) is 10.6 Å². The number of carbonyl (C=O) groups excluding carboxylic acids is 1. The Balaban J connectivity index is 1.94. The minimum atomic E-state index is -0.530. The Labute approximate surface area is 138 Å². The zero-order valence-corrected chi connectivity index (χ0v) is 13.2. The summed E-state index contributed by atoms with van der Waals surface area (Å²) < 4.78 is 0. The number of benzene rings is 2. The number of non-ortho nitro benzene ring substituents is 1. The highest BCUT2D eigenvalue weighted by Gasteiger charge is 2.15. The highest BCUT2D eigenvalue weighted by Crippen LogP contribution is 2.27. The van der Waals surface area contributed by atoms with Crippen LogP contribution in [-0.4, -0.2) is 16.9 Å². The molecule has 1 atom stereocenters. The van der Waals surface area contributed by atoms with Crippen molar-refractivity contribution in [3.63, 3.8) is 0 Å². The molecule has 0 saturated carbocycles. The quantitative estimate of drug-likeness (QED) is 0.627. The number of hydrogen-bond donors (Lipinski definition) is 2. The van der Waals surface area contributed by atoms with Gasteiger partial charge < -0.3 is 10.6 Å². The fourth-order valence-electron chi connectivity index (χ4n) is 1.97. The summed E-state index contributed by atoms with van der Waals surface area (Å²) in [5, 5.41) is 16.6. The van der Waals surface area contributed by atoms with E-state index in [9.17, 15) is 14.9 Å². The van der Waals surface area contributed by atoms with Gasteiger partial charge in [0.15, 0.2) is 0 Å². The van der Waals surface area contributed by atoms with E-state index in [1.807, 2.05) is 30.3 Å². The standard InChI is InChI=1S/C16H16ClN3O3/c1-11(16(21)18-10-12-5-3-2-4-6-12)19-15-8-7-13(20(22)23)9-14(15)17/h2-9,11,19H,10H2,1H3,(H,18,21). The van der Waals surface area contributed by atoms with E-state index in [4.69, 9.17) is 11.6 Å². The van der Waals surface area contributed by atoms with Gasteiger partial charge in [0.2, 0.25) is 5.91 Å². The van der Waals surface area contributed by atoms with Crippen LogP contribution in [0, 0.1) is 10.1 Å². The summed E-state index contributed by atoms with van der Waals surface area (Å²) >= 11 is 6.00. The molecule has 0 saturated heterocycles. The van der Waals surface area contributed by atoms with Gasteiger partial charge >= 0.3 is 0 Å². The van der Waals surface area contributed by atoms with Crippen LogP contribution in [0.4, 0.5) is 11.4 Å². The molecule has 0 spiro atoms. The molecule has 7 heteroatoms. The first-order valence-corrected chi connectivity index (χ1v) is 7.37. The van der Waals surface area contributed by atoms with Crippen molar-refractivity contribution in [2.45, 2.75) is 19.5 Å². The van der Waals surface area contributed by atoms with E-state index in [-0.39, 0.29) is 16.6 Å². The molecular formula is C16H16ClN3O3. The van der Waals surface area contributed by atoms with Crippen molar-refractivity contribution >= 4 is 28.9 Å². The molecule has 0 bridgehead atoms. The molecule has 1 unspecified atom stereocenters. The maximum absolute atomic E-state index is 12.1. The van der Waals surface area contributed by atoms with Gasteiger partial charge in [-0.05, 0) is 18.6 Å². The van der Waals surface area contributed by atoms with Gasteiger partial charge in [-0.2, -0.15) is 0 Å². The summed E-state index contributed by atoms with van der Waals surface area (Å²) in [6.45, 7) is 2.12. The lowest BCUT2D eigenvalue weighted by molar-refractivity contribution is -0.384. The number of nitro benzene ring substituents is 1. The van der Waals surface area contributed by atoms with Crippen molar-refractivity contribution in [1.29, 1.82) is 0 Å². The Hall–Kier alpha value is -2.60. The van der Waals surface area contributed by atoms with Crippen LogP contribution in [0.3, 0.4) is 0 Å². The molecule has 2 N–H and O–H groups in total. The topological polar surface area (TPSA) is 84.3 Å². The average molecular weight is 334 g/mol. The number of anilines is 1. The Bertz CT molecular complexity index is 707. The Kier molecular flexibility index (Phi) is 5.54. The summed E-state index contributed by atoms with van der Waals surface area (Å²) in [6, 6.07) is 13.1. The number of nitrogens with one attached hydrogen (secondary N) is 2. The summed E-state index contributed by atoms with van der Waals surface area (Å²) in [4.78, 5) is 22.2. The summed E-state index contributed by atoms with van der Waals surface area (Å²) in [7, 11) is 0. The van der Waals surface area contributed by atoms with Gasteiger partial charge in [-0.1, -0.05) is 41.9 Å². The molecule has 120 valence electrons. The van der Waals surface area contributed by atoms with Crippen molar-refractivity contribution in [3.8, 4) is 0 Å². The largest absolute Gasteiger partial charge is 0.373 e. The van der Waals surface area contributed by atoms with E-state index in [1.54, 1.807) is 6.92 Å². The van der Waals surface area contributed by atoms with Crippen LogP contribution in [0.25, 0.3) is 0 Å². The minimum absolute atomic E-state index is 0.0956. The van der Waals surface area contributed by atoms with Gasteiger partial charge in [0.25, 0.3) is 5.69 Å². The maximum atomic E-state index is 12.1. The van der Waals surface area contributed by atoms with Crippen LogP contribution in [0.5, 0.6) is 0 Å². The molecule has 0 radical (unpaired) electrons. The first-order chi connectivity index (χ1) is 11.0. The molecule has 0 aliphatic carbocycles. The molecule has 2 aromatic rings. The fraction of sp³-hybridized carbons (Fsp3) is 0.188. The number of carbonyl (C=O) groups is 1. The molecule has 1 amide bonds. The number of nitrogens with zero attached hydrogens (tertiary/aromatic N) is 1. The van der Waals surface area contributed by atoms with Crippen LogP contribution in [-0.2, 0) is 11.3 Å². The first kappa shape index (κ1) is 16.8. The van der Waals surface area contributed by atoms with Gasteiger partial charge in [0.1, 0.15) is 6.04 Å². The second kappa shape index (κ2) is 7.60. The molecule has 6 nitrogen and oxygen atoms in total. The van der Waals surface area contributed by atoms with E-state index < -0.39 is 11.0 Å². The van der Waals surface area contributed by atoms with Gasteiger partial charge in [0.05, 0.1) is 15.6 Å². The lowest BCUT2D eigenvalue weighted by Gasteiger charge is -2.16. The smallest absolute Gasteiger partial charge is 0.271 e. The van der Waals surface area contributed by atoms with Crippen LogP contribution in [0.15, 0.2) is 48.5 Å². The zero-order valence-electron chi connectivity index (χ0n) is 12.5.